The maximum atomic E-state index is 13.4. The molecule has 2 heterocycles. The Labute approximate surface area is 166 Å². The molecule has 1 aliphatic rings. The van der Waals surface area contributed by atoms with Crippen LogP contribution < -0.4 is 4.90 Å². The number of nitrogens with zero attached hydrogens (tertiary/aromatic N) is 4. The van der Waals surface area contributed by atoms with Crippen molar-refractivity contribution in [1.82, 2.24) is 14.4 Å². The molecule has 0 N–H and O–H groups in total. The number of hydrogen-bond acceptors (Lipinski definition) is 6. The normalized spacial score (nSPS) is 15.7. The lowest BCUT2D eigenvalue weighted by Gasteiger charge is -2.32. The lowest BCUT2D eigenvalue weighted by Crippen LogP contribution is -2.48. The van der Waals surface area contributed by atoms with Crippen molar-refractivity contribution in [2.45, 2.75) is 4.90 Å². The minimum atomic E-state index is -3.75. The van der Waals surface area contributed by atoms with Crippen LogP contribution in [0.4, 0.5) is 10.4 Å². The number of hydrogen-bond donors (Lipinski definition) is 0. The topological polar surface area (TPSA) is 79.5 Å². The summed E-state index contributed by atoms with van der Waals surface area (Å²) in [5.74, 6) is -0.175. The molecule has 0 radical (unpaired) electrons. The molecule has 4 rings (SSSR count). The Morgan fingerprint density at radius 3 is 2.50 bits per heavy atom. The van der Waals surface area contributed by atoms with Gasteiger partial charge in [-0.3, -0.25) is 0 Å². The molecule has 0 bridgehead atoms. The summed E-state index contributed by atoms with van der Waals surface area (Å²) in [6.07, 6.45) is 0. The van der Waals surface area contributed by atoms with Gasteiger partial charge in [0.05, 0.1) is 4.90 Å². The molecule has 0 spiro atoms. The average Bonchev–Trinajstić information content (AvgIpc) is 3.18. The van der Waals surface area contributed by atoms with E-state index in [0.717, 1.165) is 11.6 Å². The molecule has 3 aromatic rings. The molecule has 1 fully saturated rings. The predicted octanol–water partition coefficient (Wildman–Crippen LogP) is 3.04. The quantitative estimate of drug-likeness (QED) is 0.643. The second kappa shape index (κ2) is 7.50. The molecule has 0 amide bonds. The van der Waals surface area contributed by atoms with Crippen molar-refractivity contribution in [2.75, 3.05) is 31.1 Å². The number of piperazine rings is 1. The molecule has 1 aliphatic heterocycles. The van der Waals surface area contributed by atoms with Gasteiger partial charge >= 0.3 is 6.01 Å². The fourth-order valence-electron chi connectivity index (χ4n) is 2.99. The molecule has 0 unspecified atom stereocenters. The van der Waals surface area contributed by atoms with E-state index in [1.165, 1.54) is 22.5 Å². The van der Waals surface area contributed by atoms with Gasteiger partial charge in [-0.1, -0.05) is 35.0 Å². The Hall–Kier alpha value is -2.49. The monoisotopic (exact) mass is 422 g/mol. The highest BCUT2D eigenvalue weighted by molar-refractivity contribution is 7.89. The van der Waals surface area contributed by atoms with Crippen molar-refractivity contribution >= 4 is 27.6 Å². The van der Waals surface area contributed by atoms with Gasteiger partial charge in [-0.25, -0.2) is 12.8 Å². The summed E-state index contributed by atoms with van der Waals surface area (Å²) < 4.78 is 45.4. The van der Waals surface area contributed by atoms with E-state index < -0.39 is 15.8 Å². The van der Waals surface area contributed by atoms with E-state index >= 15 is 0 Å². The Kier molecular flexibility index (Phi) is 5.05. The van der Waals surface area contributed by atoms with Crippen molar-refractivity contribution in [3.63, 3.8) is 0 Å². The third-order valence-electron chi connectivity index (χ3n) is 4.44. The SMILES string of the molecule is O=S(=O)(c1cccc(F)c1)N1CCN(c2nc(-c3cccc(Cl)c3)no2)CC1. The largest absolute Gasteiger partial charge is 0.324 e. The first-order valence-electron chi connectivity index (χ1n) is 8.54. The van der Waals surface area contributed by atoms with Crippen LogP contribution in [0.25, 0.3) is 11.4 Å². The number of rotatable bonds is 4. The van der Waals surface area contributed by atoms with E-state index in [1.54, 1.807) is 18.2 Å². The van der Waals surface area contributed by atoms with Gasteiger partial charge in [0.1, 0.15) is 5.82 Å². The van der Waals surface area contributed by atoms with Crippen LogP contribution >= 0.6 is 11.6 Å². The summed E-state index contributed by atoms with van der Waals surface area (Å²) in [6.45, 7) is 1.22. The van der Waals surface area contributed by atoms with E-state index in [-0.39, 0.29) is 18.0 Å². The highest BCUT2D eigenvalue weighted by Crippen LogP contribution is 2.24. The smallest absolute Gasteiger partial charge is 0.322 e. The summed E-state index contributed by atoms with van der Waals surface area (Å²) in [4.78, 5) is 6.14. The molecule has 146 valence electrons. The zero-order valence-electron chi connectivity index (χ0n) is 14.6. The molecule has 2 aromatic carbocycles. The first-order valence-corrected chi connectivity index (χ1v) is 10.4. The van der Waals surface area contributed by atoms with E-state index in [2.05, 4.69) is 10.1 Å². The number of benzene rings is 2. The van der Waals surface area contributed by atoms with Gasteiger partial charge in [0.25, 0.3) is 0 Å². The zero-order chi connectivity index (χ0) is 19.7. The van der Waals surface area contributed by atoms with Crippen LogP contribution in [0.15, 0.2) is 57.9 Å². The lowest BCUT2D eigenvalue weighted by molar-refractivity contribution is 0.355. The van der Waals surface area contributed by atoms with Crippen molar-refractivity contribution in [2.24, 2.45) is 0 Å². The maximum Gasteiger partial charge on any atom is 0.324 e. The molecule has 10 heteroatoms. The highest BCUT2D eigenvalue weighted by Gasteiger charge is 2.30. The standard InChI is InChI=1S/C18H16ClFN4O3S/c19-14-4-1-3-13(11-14)17-21-18(27-22-17)23-7-9-24(10-8-23)28(25,26)16-6-2-5-15(20)12-16/h1-6,11-12H,7-10H2. The highest BCUT2D eigenvalue weighted by atomic mass is 35.5. The Balaban J connectivity index is 1.46. The fraction of sp³-hybridized carbons (Fsp3) is 0.222. The van der Waals surface area contributed by atoms with Gasteiger partial charge in [-0.2, -0.15) is 9.29 Å². The summed E-state index contributed by atoms with van der Waals surface area (Å²) in [6, 6.07) is 12.4. The second-order valence-electron chi connectivity index (χ2n) is 6.26. The number of halogens is 2. The minimum absolute atomic E-state index is 0.0537. The van der Waals surface area contributed by atoms with E-state index in [4.69, 9.17) is 16.1 Å². The lowest BCUT2D eigenvalue weighted by atomic mass is 10.2. The third kappa shape index (κ3) is 3.73. The van der Waals surface area contributed by atoms with Crippen molar-refractivity contribution < 1.29 is 17.3 Å². The van der Waals surface area contributed by atoms with E-state index in [0.29, 0.717) is 30.0 Å². The average molecular weight is 423 g/mol. The molecule has 1 saturated heterocycles. The van der Waals surface area contributed by atoms with Gasteiger partial charge in [0, 0.05) is 36.8 Å². The number of sulfonamides is 1. The molecule has 0 saturated carbocycles. The summed E-state index contributed by atoms with van der Waals surface area (Å²) >= 11 is 5.99. The van der Waals surface area contributed by atoms with Gasteiger partial charge in [0.2, 0.25) is 15.8 Å². The van der Waals surface area contributed by atoms with Crippen molar-refractivity contribution in [3.05, 3.63) is 59.4 Å². The van der Waals surface area contributed by atoms with Crippen LogP contribution in [0.5, 0.6) is 0 Å². The van der Waals surface area contributed by atoms with Gasteiger partial charge < -0.3 is 9.42 Å². The predicted molar refractivity (Wildman–Crippen MR) is 102 cm³/mol. The fourth-order valence-corrected chi connectivity index (χ4v) is 4.63. The first kappa shape index (κ1) is 18.9. The summed E-state index contributed by atoms with van der Waals surface area (Å²) in [5.41, 5.74) is 0.731. The van der Waals surface area contributed by atoms with Gasteiger partial charge in [-0.05, 0) is 30.3 Å². The van der Waals surface area contributed by atoms with Crippen LogP contribution in [0.3, 0.4) is 0 Å². The molecule has 28 heavy (non-hydrogen) atoms. The molecular weight excluding hydrogens is 407 g/mol. The third-order valence-corrected chi connectivity index (χ3v) is 6.57. The molecular formula is C18H16ClFN4O3S. The molecule has 7 nitrogen and oxygen atoms in total. The molecule has 0 atom stereocenters. The van der Waals surface area contributed by atoms with Gasteiger partial charge in [0.15, 0.2) is 0 Å². The number of aromatic nitrogens is 2. The molecule has 0 aliphatic carbocycles. The van der Waals surface area contributed by atoms with Crippen LogP contribution in [0.2, 0.25) is 5.02 Å². The summed E-state index contributed by atoms with van der Waals surface area (Å²) in [7, 11) is -3.75. The van der Waals surface area contributed by atoms with Crippen LogP contribution in [-0.4, -0.2) is 49.0 Å². The second-order valence-corrected chi connectivity index (χ2v) is 8.63. The Bertz CT molecular complexity index is 1100. The van der Waals surface area contributed by atoms with Crippen molar-refractivity contribution in [3.8, 4) is 11.4 Å². The Morgan fingerprint density at radius 1 is 1.04 bits per heavy atom. The molecule has 1 aromatic heterocycles. The number of anilines is 1. The Morgan fingerprint density at radius 2 is 1.79 bits per heavy atom. The minimum Gasteiger partial charge on any atom is -0.322 e. The van der Waals surface area contributed by atoms with Crippen LogP contribution in [-0.2, 0) is 10.0 Å². The van der Waals surface area contributed by atoms with E-state index in [1.807, 2.05) is 11.0 Å². The zero-order valence-corrected chi connectivity index (χ0v) is 16.2. The van der Waals surface area contributed by atoms with Crippen LogP contribution in [0.1, 0.15) is 0 Å². The van der Waals surface area contributed by atoms with Crippen LogP contribution in [0, 0.1) is 5.82 Å². The van der Waals surface area contributed by atoms with Gasteiger partial charge in [-0.15, -0.1) is 0 Å². The summed E-state index contributed by atoms with van der Waals surface area (Å²) in [5, 5.41) is 4.54. The van der Waals surface area contributed by atoms with Crippen molar-refractivity contribution in [1.29, 1.82) is 0 Å². The maximum absolute atomic E-state index is 13.4. The first-order chi connectivity index (χ1) is 13.4. The van der Waals surface area contributed by atoms with E-state index in [9.17, 15) is 12.8 Å².